The summed E-state index contributed by atoms with van der Waals surface area (Å²) in [7, 11) is -0.289. The standard InChI is InChI=1S/C23H27N5O4S2/c1-31-14-13-27-12-6-8-19(27)22-21(18-7-4-5-11-24-18)25-23(33)28(22)16-9-10-17(20(15-16)32-2)26-34(3,29)30/h4-12,15,21-22,26H,13-14H2,1-3H3,(H,25,33)/t21-,22+/m1/s1. The van der Waals surface area contributed by atoms with Crippen molar-refractivity contribution in [2.24, 2.45) is 0 Å². The Hall–Kier alpha value is -3.15. The highest BCUT2D eigenvalue weighted by atomic mass is 32.2. The fourth-order valence-electron chi connectivity index (χ4n) is 4.14. The molecule has 2 aromatic heterocycles. The van der Waals surface area contributed by atoms with Gasteiger partial charge in [0.1, 0.15) is 11.8 Å². The predicted octanol–water partition coefficient (Wildman–Crippen LogP) is 3.09. The first-order valence-corrected chi connectivity index (χ1v) is 12.9. The molecule has 9 nitrogen and oxygen atoms in total. The van der Waals surface area contributed by atoms with Gasteiger partial charge in [0.2, 0.25) is 10.0 Å². The average Bonchev–Trinajstić information content (AvgIpc) is 3.41. The van der Waals surface area contributed by atoms with Gasteiger partial charge in [0.15, 0.2) is 5.11 Å². The molecule has 0 radical (unpaired) electrons. The molecule has 1 aliphatic heterocycles. The zero-order chi connectivity index (χ0) is 24.3. The molecule has 180 valence electrons. The Morgan fingerprint density at radius 2 is 2.00 bits per heavy atom. The lowest BCUT2D eigenvalue weighted by Gasteiger charge is -2.29. The minimum absolute atomic E-state index is 0.204. The topological polar surface area (TPSA) is 97.7 Å². The molecule has 1 fully saturated rings. The number of ether oxygens (including phenoxy) is 2. The number of nitrogens with one attached hydrogen (secondary N) is 2. The summed E-state index contributed by atoms with van der Waals surface area (Å²) < 4.78 is 38.9. The van der Waals surface area contributed by atoms with Crippen LogP contribution in [-0.2, 0) is 21.3 Å². The van der Waals surface area contributed by atoms with Crippen molar-refractivity contribution in [3.8, 4) is 5.75 Å². The van der Waals surface area contributed by atoms with Crippen LogP contribution in [0, 0.1) is 0 Å². The van der Waals surface area contributed by atoms with Crippen LogP contribution in [0.15, 0.2) is 60.9 Å². The summed E-state index contributed by atoms with van der Waals surface area (Å²) in [5, 5.41) is 3.96. The minimum Gasteiger partial charge on any atom is -0.494 e. The lowest BCUT2D eigenvalue weighted by atomic mass is 10.0. The maximum absolute atomic E-state index is 11.8. The molecular weight excluding hydrogens is 474 g/mol. The molecule has 0 aliphatic carbocycles. The molecule has 1 aromatic carbocycles. The number of aromatic nitrogens is 2. The first kappa shape index (κ1) is 24.0. The van der Waals surface area contributed by atoms with Gasteiger partial charge in [-0.1, -0.05) is 6.07 Å². The lowest BCUT2D eigenvalue weighted by Crippen LogP contribution is -2.30. The summed E-state index contributed by atoms with van der Waals surface area (Å²) in [6, 6.07) is 14.7. The molecule has 0 spiro atoms. The number of sulfonamides is 1. The number of nitrogens with zero attached hydrogens (tertiary/aromatic N) is 3. The molecule has 0 bridgehead atoms. The lowest BCUT2D eigenvalue weighted by molar-refractivity contribution is 0.186. The van der Waals surface area contributed by atoms with Gasteiger partial charge in [-0.05, 0) is 48.6 Å². The SMILES string of the molecule is COCCn1cccc1[C@H]1[C@@H](c2ccccn2)NC(=S)N1c1ccc(NS(C)(=O)=O)c(OC)c1. The van der Waals surface area contributed by atoms with Crippen LogP contribution in [-0.4, -0.2) is 50.2 Å². The van der Waals surface area contributed by atoms with Gasteiger partial charge in [0, 0.05) is 43.5 Å². The quantitative estimate of drug-likeness (QED) is 0.432. The smallest absolute Gasteiger partial charge is 0.229 e. The highest BCUT2D eigenvalue weighted by Gasteiger charge is 2.42. The third kappa shape index (κ3) is 5.01. The van der Waals surface area contributed by atoms with E-state index in [0.717, 1.165) is 23.3 Å². The highest BCUT2D eigenvalue weighted by Crippen LogP contribution is 2.43. The van der Waals surface area contributed by atoms with Crippen LogP contribution in [0.1, 0.15) is 23.5 Å². The average molecular weight is 502 g/mol. The molecule has 2 N–H and O–H groups in total. The van der Waals surface area contributed by atoms with E-state index in [1.807, 2.05) is 41.4 Å². The number of rotatable bonds is 9. The second-order valence-electron chi connectivity index (χ2n) is 7.87. The Bertz CT molecular complexity index is 1260. The van der Waals surface area contributed by atoms with Crippen molar-refractivity contribution in [2.75, 3.05) is 36.7 Å². The van der Waals surface area contributed by atoms with Crippen molar-refractivity contribution in [2.45, 2.75) is 18.6 Å². The molecule has 3 heterocycles. The Labute approximate surface area is 204 Å². The van der Waals surface area contributed by atoms with Gasteiger partial charge in [-0.15, -0.1) is 0 Å². The molecular formula is C23H27N5O4S2. The van der Waals surface area contributed by atoms with E-state index in [9.17, 15) is 8.42 Å². The molecule has 0 unspecified atom stereocenters. The van der Waals surface area contributed by atoms with Crippen LogP contribution in [0.3, 0.4) is 0 Å². The first-order chi connectivity index (χ1) is 16.3. The van der Waals surface area contributed by atoms with Crippen LogP contribution in [0.25, 0.3) is 0 Å². The molecule has 1 saturated heterocycles. The number of pyridine rings is 1. The van der Waals surface area contributed by atoms with E-state index in [1.165, 1.54) is 7.11 Å². The van der Waals surface area contributed by atoms with Crippen LogP contribution in [0.5, 0.6) is 5.75 Å². The predicted molar refractivity (Wildman–Crippen MR) is 136 cm³/mol. The van der Waals surface area contributed by atoms with Crippen molar-refractivity contribution < 1.29 is 17.9 Å². The Morgan fingerprint density at radius 1 is 1.18 bits per heavy atom. The minimum atomic E-state index is -3.46. The van der Waals surface area contributed by atoms with Gasteiger partial charge >= 0.3 is 0 Å². The second-order valence-corrected chi connectivity index (χ2v) is 10.0. The Morgan fingerprint density at radius 3 is 2.68 bits per heavy atom. The summed E-state index contributed by atoms with van der Waals surface area (Å²) in [6.07, 6.45) is 4.88. The second kappa shape index (κ2) is 10.00. The first-order valence-electron chi connectivity index (χ1n) is 10.6. The van der Waals surface area contributed by atoms with E-state index in [4.69, 9.17) is 21.7 Å². The van der Waals surface area contributed by atoms with Crippen LogP contribution in [0.4, 0.5) is 11.4 Å². The van der Waals surface area contributed by atoms with E-state index in [1.54, 1.807) is 25.4 Å². The van der Waals surface area contributed by atoms with Crippen LogP contribution >= 0.6 is 12.2 Å². The van der Waals surface area contributed by atoms with Crippen molar-refractivity contribution in [3.63, 3.8) is 0 Å². The van der Waals surface area contributed by atoms with Crippen LogP contribution < -0.4 is 19.7 Å². The van der Waals surface area contributed by atoms with Gasteiger partial charge in [-0.3, -0.25) is 9.71 Å². The maximum Gasteiger partial charge on any atom is 0.229 e. The molecule has 3 aromatic rings. The monoisotopic (exact) mass is 501 g/mol. The molecule has 4 rings (SSSR count). The molecule has 1 aliphatic rings. The summed E-state index contributed by atoms with van der Waals surface area (Å²) in [4.78, 5) is 6.59. The summed E-state index contributed by atoms with van der Waals surface area (Å²) in [6.45, 7) is 1.26. The van der Waals surface area contributed by atoms with Gasteiger partial charge in [-0.25, -0.2) is 8.42 Å². The van der Waals surface area contributed by atoms with E-state index in [2.05, 4.69) is 25.7 Å². The zero-order valence-electron chi connectivity index (χ0n) is 19.1. The van der Waals surface area contributed by atoms with Gasteiger partial charge in [0.05, 0.1) is 37.4 Å². The number of hydrogen-bond acceptors (Lipinski definition) is 6. The number of hydrogen-bond donors (Lipinski definition) is 2. The summed E-state index contributed by atoms with van der Waals surface area (Å²) in [5.74, 6) is 0.389. The third-order valence-corrected chi connectivity index (χ3v) is 6.47. The molecule has 0 amide bonds. The zero-order valence-corrected chi connectivity index (χ0v) is 20.8. The van der Waals surface area contributed by atoms with E-state index in [-0.39, 0.29) is 12.1 Å². The number of methoxy groups -OCH3 is 2. The Balaban J connectivity index is 1.80. The van der Waals surface area contributed by atoms with Crippen molar-refractivity contribution in [1.82, 2.24) is 14.9 Å². The molecule has 2 atom stereocenters. The maximum atomic E-state index is 11.8. The van der Waals surface area contributed by atoms with Gasteiger partial charge in [-0.2, -0.15) is 0 Å². The van der Waals surface area contributed by atoms with E-state index >= 15 is 0 Å². The number of benzene rings is 1. The Kier molecular flexibility index (Phi) is 7.05. The fourth-order valence-corrected chi connectivity index (χ4v) is 5.05. The summed E-state index contributed by atoms with van der Waals surface area (Å²) >= 11 is 5.78. The van der Waals surface area contributed by atoms with Gasteiger partial charge < -0.3 is 24.3 Å². The largest absolute Gasteiger partial charge is 0.494 e. The number of anilines is 2. The highest BCUT2D eigenvalue weighted by molar-refractivity contribution is 7.92. The molecule has 0 saturated carbocycles. The fraction of sp³-hybridized carbons (Fsp3) is 0.304. The van der Waals surface area contributed by atoms with E-state index < -0.39 is 10.0 Å². The van der Waals surface area contributed by atoms with Crippen molar-refractivity contribution in [1.29, 1.82) is 0 Å². The van der Waals surface area contributed by atoms with Gasteiger partial charge in [0.25, 0.3) is 0 Å². The summed E-state index contributed by atoms with van der Waals surface area (Å²) in [5.41, 5.74) is 3.01. The normalized spacial score (nSPS) is 18.1. The van der Waals surface area contributed by atoms with Crippen molar-refractivity contribution in [3.05, 3.63) is 72.3 Å². The number of thiocarbonyl (C=S) groups is 1. The van der Waals surface area contributed by atoms with Crippen molar-refractivity contribution >= 4 is 38.7 Å². The van der Waals surface area contributed by atoms with E-state index in [0.29, 0.717) is 29.7 Å². The molecule has 34 heavy (non-hydrogen) atoms. The van der Waals surface area contributed by atoms with Crippen LogP contribution in [0.2, 0.25) is 0 Å². The third-order valence-electron chi connectivity index (χ3n) is 5.56. The molecule has 11 heteroatoms.